The van der Waals surface area contributed by atoms with E-state index in [9.17, 15) is 9.18 Å². The van der Waals surface area contributed by atoms with Gasteiger partial charge in [0.2, 0.25) is 5.95 Å². The molecule has 1 amide bonds. The summed E-state index contributed by atoms with van der Waals surface area (Å²) >= 11 is 0. The topological polar surface area (TPSA) is 43.1 Å². The number of para-hydroxylation sites is 2. The zero-order chi connectivity index (χ0) is 20.8. The van der Waals surface area contributed by atoms with E-state index in [1.807, 2.05) is 35.2 Å². The van der Waals surface area contributed by atoms with Gasteiger partial charge in [-0.25, -0.2) is 4.68 Å². The van der Waals surface area contributed by atoms with Crippen LogP contribution in [0.5, 0.6) is 0 Å². The van der Waals surface area contributed by atoms with Gasteiger partial charge in [0.25, 0.3) is 5.91 Å². The molecule has 6 heteroatoms. The molecule has 152 valence electrons. The van der Waals surface area contributed by atoms with Gasteiger partial charge in [0.1, 0.15) is 5.56 Å². The highest BCUT2D eigenvalue weighted by atomic mass is 19.1. The normalized spacial score (nSPS) is 13.7. The van der Waals surface area contributed by atoms with Crippen molar-refractivity contribution in [1.82, 2.24) is 19.2 Å². The molecule has 2 aromatic heterocycles. The summed E-state index contributed by atoms with van der Waals surface area (Å²) in [7, 11) is 1.52. The first-order valence-electron chi connectivity index (χ1n) is 10.2. The molecular weight excluding hydrogens is 379 g/mol. The van der Waals surface area contributed by atoms with E-state index in [-0.39, 0.29) is 17.5 Å². The smallest absolute Gasteiger partial charge is 0.260 e. The molecule has 0 unspecified atom stereocenters. The number of rotatable bonds is 5. The van der Waals surface area contributed by atoms with Crippen LogP contribution in [0.2, 0.25) is 0 Å². The lowest BCUT2D eigenvalue weighted by molar-refractivity contribution is 0.0724. The monoisotopic (exact) mass is 402 g/mol. The fraction of sp³-hybridized carbons (Fsp3) is 0.250. The molecular formula is C24H23FN4O. The summed E-state index contributed by atoms with van der Waals surface area (Å²) in [5.41, 5.74) is 3.72. The maximum Gasteiger partial charge on any atom is 0.260 e. The second-order valence-electron chi connectivity index (χ2n) is 7.92. The van der Waals surface area contributed by atoms with Crippen LogP contribution in [0.3, 0.4) is 0 Å². The Morgan fingerprint density at radius 1 is 1.13 bits per heavy atom. The third-order valence-electron chi connectivity index (χ3n) is 5.78. The summed E-state index contributed by atoms with van der Waals surface area (Å²) in [6.07, 6.45) is 3.99. The summed E-state index contributed by atoms with van der Waals surface area (Å²) < 4.78 is 17.9. The number of aromatic nitrogens is 3. The Hall–Kier alpha value is -3.41. The highest BCUT2D eigenvalue weighted by Gasteiger charge is 2.36. The van der Waals surface area contributed by atoms with E-state index in [1.165, 1.54) is 7.05 Å². The molecule has 1 saturated carbocycles. The van der Waals surface area contributed by atoms with Gasteiger partial charge < -0.3 is 9.47 Å². The van der Waals surface area contributed by atoms with Crippen LogP contribution in [0.25, 0.3) is 16.6 Å². The van der Waals surface area contributed by atoms with E-state index in [2.05, 4.69) is 40.1 Å². The second-order valence-corrected chi connectivity index (χ2v) is 7.92. The highest BCUT2D eigenvalue weighted by Crippen LogP contribution is 2.33. The van der Waals surface area contributed by atoms with E-state index in [0.29, 0.717) is 12.2 Å². The van der Waals surface area contributed by atoms with Crippen molar-refractivity contribution >= 4 is 16.8 Å². The third kappa shape index (κ3) is 3.09. The first-order valence-corrected chi connectivity index (χ1v) is 10.2. The Bertz CT molecular complexity index is 1240. The number of hydrogen-bond acceptors (Lipinski definition) is 2. The van der Waals surface area contributed by atoms with E-state index < -0.39 is 5.95 Å². The fourth-order valence-corrected chi connectivity index (χ4v) is 4.13. The molecule has 4 aromatic rings. The first-order chi connectivity index (χ1) is 14.5. The number of carbonyl (C=O) groups excluding carboxylic acids is 1. The van der Waals surface area contributed by atoms with Gasteiger partial charge in [-0.05, 0) is 43.5 Å². The Kier molecular flexibility index (Phi) is 4.42. The Morgan fingerprint density at radius 3 is 2.50 bits per heavy atom. The molecule has 0 N–H and O–H groups in total. The van der Waals surface area contributed by atoms with Crippen LogP contribution in [0.1, 0.15) is 34.5 Å². The van der Waals surface area contributed by atoms with Crippen LogP contribution < -0.4 is 0 Å². The molecule has 0 atom stereocenters. The zero-order valence-corrected chi connectivity index (χ0v) is 17.0. The number of fused-ring (bicyclic) bond motifs is 1. The van der Waals surface area contributed by atoms with E-state index in [0.717, 1.165) is 39.7 Å². The summed E-state index contributed by atoms with van der Waals surface area (Å²) in [5.74, 6) is -0.855. The van der Waals surface area contributed by atoms with Gasteiger partial charge in [0.05, 0.1) is 11.2 Å². The van der Waals surface area contributed by atoms with Crippen molar-refractivity contribution in [2.45, 2.75) is 32.4 Å². The summed E-state index contributed by atoms with van der Waals surface area (Å²) in [6, 6.07) is 18.5. The number of carbonyl (C=O) groups is 1. The van der Waals surface area contributed by atoms with E-state index >= 15 is 0 Å². The van der Waals surface area contributed by atoms with Gasteiger partial charge in [-0.2, -0.15) is 9.49 Å². The molecule has 0 radical (unpaired) electrons. The third-order valence-corrected chi connectivity index (χ3v) is 5.78. The lowest BCUT2D eigenvalue weighted by Crippen LogP contribution is -2.33. The minimum absolute atomic E-state index is 0.0798. The van der Waals surface area contributed by atoms with Crippen LogP contribution in [0.15, 0.2) is 60.8 Å². The predicted octanol–water partition coefficient (Wildman–Crippen LogP) is 4.62. The van der Waals surface area contributed by atoms with Crippen LogP contribution in [0.4, 0.5) is 4.39 Å². The van der Waals surface area contributed by atoms with Crippen molar-refractivity contribution in [2.75, 3.05) is 0 Å². The molecule has 0 spiro atoms. The molecule has 1 aliphatic rings. The zero-order valence-electron chi connectivity index (χ0n) is 17.0. The molecule has 5 nitrogen and oxygen atoms in total. The SMILES string of the molecule is Cc1nn(C)c(F)c1C(=O)N(Cc1cn(-c2ccccc2)c2ccccc12)C1CC1. The van der Waals surface area contributed by atoms with Crippen LogP contribution in [-0.2, 0) is 13.6 Å². The minimum atomic E-state index is -0.574. The van der Waals surface area contributed by atoms with Crippen molar-refractivity contribution in [2.24, 2.45) is 7.05 Å². The molecule has 1 fully saturated rings. The molecule has 2 aromatic carbocycles. The van der Waals surface area contributed by atoms with Crippen LogP contribution in [-0.4, -0.2) is 31.2 Å². The van der Waals surface area contributed by atoms with Gasteiger partial charge in [-0.1, -0.05) is 36.4 Å². The molecule has 1 aliphatic carbocycles. The predicted molar refractivity (Wildman–Crippen MR) is 114 cm³/mol. The fourth-order valence-electron chi connectivity index (χ4n) is 4.13. The summed E-state index contributed by atoms with van der Waals surface area (Å²) in [6.45, 7) is 2.13. The lowest BCUT2D eigenvalue weighted by Gasteiger charge is -2.22. The number of nitrogens with zero attached hydrogens (tertiary/aromatic N) is 4. The number of amides is 1. The molecule has 0 aliphatic heterocycles. The van der Waals surface area contributed by atoms with Gasteiger partial charge in [0, 0.05) is 36.9 Å². The summed E-state index contributed by atoms with van der Waals surface area (Å²) in [5, 5.41) is 5.18. The largest absolute Gasteiger partial charge is 0.331 e. The molecule has 0 saturated heterocycles. The average Bonchev–Trinajstić information content (AvgIpc) is 3.48. The maximum absolute atomic E-state index is 14.6. The molecule has 2 heterocycles. The summed E-state index contributed by atoms with van der Waals surface area (Å²) in [4.78, 5) is 15.1. The maximum atomic E-state index is 14.6. The Morgan fingerprint density at radius 2 is 1.83 bits per heavy atom. The average molecular weight is 402 g/mol. The van der Waals surface area contributed by atoms with Gasteiger partial charge >= 0.3 is 0 Å². The van der Waals surface area contributed by atoms with Crippen molar-refractivity contribution in [3.05, 3.63) is 83.6 Å². The Balaban J connectivity index is 1.56. The van der Waals surface area contributed by atoms with Crippen LogP contribution >= 0.6 is 0 Å². The molecule has 5 rings (SSSR count). The first kappa shape index (κ1) is 18.6. The number of aryl methyl sites for hydroxylation is 2. The standard InChI is InChI=1S/C24H23FN4O/c1-16-22(23(25)27(2)26-16)24(30)29(19-12-13-19)15-17-14-28(18-8-4-3-5-9-18)21-11-7-6-10-20(17)21/h3-11,14,19H,12-13,15H2,1-2H3. The van der Waals surface area contributed by atoms with E-state index in [1.54, 1.807) is 6.92 Å². The van der Waals surface area contributed by atoms with Crippen molar-refractivity contribution in [3.8, 4) is 5.69 Å². The van der Waals surface area contributed by atoms with Crippen molar-refractivity contribution in [3.63, 3.8) is 0 Å². The second kappa shape index (κ2) is 7.13. The number of hydrogen-bond donors (Lipinski definition) is 0. The van der Waals surface area contributed by atoms with E-state index in [4.69, 9.17) is 0 Å². The quantitative estimate of drug-likeness (QED) is 0.489. The highest BCUT2D eigenvalue weighted by molar-refractivity contribution is 5.96. The molecule has 30 heavy (non-hydrogen) atoms. The minimum Gasteiger partial charge on any atom is -0.331 e. The number of halogens is 1. The van der Waals surface area contributed by atoms with Crippen molar-refractivity contribution < 1.29 is 9.18 Å². The van der Waals surface area contributed by atoms with Gasteiger partial charge in [-0.15, -0.1) is 0 Å². The molecule has 0 bridgehead atoms. The van der Waals surface area contributed by atoms with Crippen molar-refractivity contribution in [1.29, 1.82) is 0 Å². The lowest BCUT2D eigenvalue weighted by atomic mass is 10.1. The van der Waals surface area contributed by atoms with Gasteiger partial charge in [0.15, 0.2) is 0 Å². The van der Waals surface area contributed by atoms with Crippen LogP contribution in [0, 0.1) is 12.9 Å². The Labute approximate surface area is 174 Å². The van der Waals surface area contributed by atoms with Gasteiger partial charge in [-0.3, -0.25) is 4.79 Å². The number of benzene rings is 2.